The molecule has 2 aliphatic rings. The molecule has 0 amide bonds. The summed E-state index contributed by atoms with van der Waals surface area (Å²) in [7, 11) is 0. The molecule has 2 rings (SSSR count). The summed E-state index contributed by atoms with van der Waals surface area (Å²) in [6.07, 6.45) is -4.46. The Kier molecular flexibility index (Phi) is 3.89. The lowest BCUT2D eigenvalue weighted by atomic mass is 9.61. The molecule has 0 saturated heterocycles. The predicted octanol–water partition coefficient (Wildman–Crippen LogP) is 5.91. The van der Waals surface area contributed by atoms with E-state index in [0.717, 1.165) is 0 Å². The van der Waals surface area contributed by atoms with E-state index in [9.17, 15) is 70.2 Å². The third-order valence-electron chi connectivity index (χ3n) is 4.04. The quantitative estimate of drug-likeness (QED) is 0.449. The summed E-state index contributed by atoms with van der Waals surface area (Å²) in [6, 6.07) is 0. The standard InChI is InChI=1S/C11F16/c12-3-1(5(15)8(20,21)11(26,27)9(5,22)23)2(4(13)14)6(16,17)10(24,25)7(3,18)19. The van der Waals surface area contributed by atoms with Crippen LogP contribution < -0.4 is 0 Å². The van der Waals surface area contributed by atoms with Crippen LogP contribution in [0.25, 0.3) is 0 Å². The average Bonchev–Trinajstić information content (AvgIpc) is 2.47. The van der Waals surface area contributed by atoms with Gasteiger partial charge in [-0.15, -0.1) is 0 Å². The van der Waals surface area contributed by atoms with Crippen molar-refractivity contribution in [3.8, 4) is 0 Å². The highest BCUT2D eigenvalue weighted by Crippen LogP contribution is 2.75. The molecular formula is C11F16. The van der Waals surface area contributed by atoms with Crippen LogP contribution in [0.1, 0.15) is 0 Å². The third kappa shape index (κ3) is 1.80. The van der Waals surface area contributed by atoms with Crippen molar-refractivity contribution in [1.29, 1.82) is 0 Å². The summed E-state index contributed by atoms with van der Waals surface area (Å²) in [5, 5.41) is 0. The molecule has 0 aromatic carbocycles. The third-order valence-corrected chi connectivity index (χ3v) is 4.04. The van der Waals surface area contributed by atoms with Gasteiger partial charge in [-0.1, -0.05) is 0 Å². The summed E-state index contributed by atoms with van der Waals surface area (Å²) >= 11 is 0. The molecule has 1 saturated carbocycles. The number of hydrogen-bond acceptors (Lipinski definition) is 0. The smallest absolute Gasteiger partial charge is 0.224 e. The second-order valence-electron chi connectivity index (χ2n) is 5.43. The highest BCUT2D eigenvalue weighted by Gasteiger charge is 3.02. The Labute approximate surface area is 136 Å². The van der Waals surface area contributed by atoms with Gasteiger partial charge >= 0.3 is 35.5 Å². The van der Waals surface area contributed by atoms with Crippen LogP contribution in [-0.2, 0) is 0 Å². The van der Waals surface area contributed by atoms with Gasteiger partial charge in [0.2, 0.25) is 0 Å². The van der Waals surface area contributed by atoms with E-state index in [-0.39, 0.29) is 0 Å². The van der Waals surface area contributed by atoms with Crippen LogP contribution in [0.5, 0.6) is 0 Å². The van der Waals surface area contributed by atoms with Crippen molar-refractivity contribution >= 4 is 0 Å². The summed E-state index contributed by atoms with van der Waals surface area (Å²) in [5.41, 5.74) is -15.6. The van der Waals surface area contributed by atoms with E-state index < -0.39 is 64.3 Å². The molecule has 0 N–H and O–H groups in total. The second-order valence-corrected chi connectivity index (χ2v) is 5.43. The molecule has 0 aromatic heterocycles. The largest absolute Gasteiger partial charge is 0.383 e. The Morgan fingerprint density at radius 3 is 1.22 bits per heavy atom. The van der Waals surface area contributed by atoms with Gasteiger partial charge in [-0.25, -0.2) is 8.78 Å². The van der Waals surface area contributed by atoms with Gasteiger partial charge in [0, 0.05) is 0 Å². The van der Waals surface area contributed by atoms with Gasteiger partial charge < -0.3 is 0 Å². The maximum atomic E-state index is 14.1. The fraction of sp³-hybridized carbons (Fsp3) is 0.636. The first-order valence-electron chi connectivity index (χ1n) is 6.02. The van der Waals surface area contributed by atoms with E-state index >= 15 is 0 Å². The highest BCUT2D eigenvalue weighted by atomic mass is 19.4. The summed E-state index contributed by atoms with van der Waals surface area (Å²) in [6.45, 7) is 0. The number of allylic oxidation sites excluding steroid dienone is 3. The number of rotatable bonds is 1. The van der Waals surface area contributed by atoms with E-state index in [1.54, 1.807) is 0 Å². The minimum Gasteiger partial charge on any atom is -0.224 e. The fourth-order valence-electron chi connectivity index (χ4n) is 2.53. The molecule has 0 heterocycles. The molecule has 0 spiro atoms. The zero-order valence-electron chi connectivity index (χ0n) is 11.5. The van der Waals surface area contributed by atoms with Crippen molar-refractivity contribution in [3.05, 3.63) is 23.1 Å². The molecule has 0 aliphatic heterocycles. The second kappa shape index (κ2) is 4.85. The molecule has 0 nitrogen and oxygen atoms in total. The first-order valence-corrected chi connectivity index (χ1v) is 6.02. The molecule has 156 valence electrons. The average molecular weight is 436 g/mol. The van der Waals surface area contributed by atoms with Crippen molar-refractivity contribution in [1.82, 2.24) is 0 Å². The van der Waals surface area contributed by atoms with Crippen LogP contribution in [0.4, 0.5) is 70.2 Å². The minimum atomic E-state index is -7.18. The van der Waals surface area contributed by atoms with Gasteiger partial charge in [0.15, 0.2) is 5.83 Å². The first kappa shape index (κ1) is 21.7. The van der Waals surface area contributed by atoms with Crippen molar-refractivity contribution < 1.29 is 70.2 Å². The molecule has 27 heavy (non-hydrogen) atoms. The Hall–Kier alpha value is -1.64. The zero-order chi connectivity index (χ0) is 21.8. The zero-order valence-corrected chi connectivity index (χ0v) is 11.5. The summed E-state index contributed by atoms with van der Waals surface area (Å²) < 4.78 is 210. The van der Waals surface area contributed by atoms with Crippen LogP contribution in [0.3, 0.4) is 0 Å². The highest BCUT2D eigenvalue weighted by molar-refractivity contribution is 5.58. The molecule has 16 heteroatoms. The van der Waals surface area contributed by atoms with Gasteiger partial charge in [0.1, 0.15) is 5.57 Å². The van der Waals surface area contributed by atoms with Gasteiger partial charge in [-0.05, 0) is 0 Å². The maximum absolute atomic E-state index is 14.1. The van der Waals surface area contributed by atoms with E-state index in [1.165, 1.54) is 0 Å². The maximum Gasteiger partial charge on any atom is 0.383 e. The van der Waals surface area contributed by atoms with Gasteiger partial charge in [-0.3, -0.25) is 0 Å². The Bertz CT molecular complexity index is 730. The van der Waals surface area contributed by atoms with Crippen LogP contribution in [0.15, 0.2) is 23.1 Å². The molecule has 0 radical (unpaired) electrons. The van der Waals surface area contributed by atoms with E-state index in [1.807, 2.05) is 0 Å². The van der Waals surface area contributed by atoms with E-state index in [4.69, 9.17) is 0 Å². The molecule has 0 unspecified atom stereocenters. The van der Waals surface area contributed by atoms with Gasteiger partial charge in [0.25, 0.3) is 11.7 Å². The lowest BCUT2D eigenvalue weighted by Gasteiger charge is -2.56. The van der Waals surface area contributed by atoms with Crippen molar-refractivity contribution in [2.45, 2.75) is 41.2 Å². The summed E-state index contributed by atoms with van der Waals surface area (Å²) in [5.74, 6) is -46.8. The molecule has 0 atom stereocenters. The van der Waals surface area contributed by atoms with Crippen LogP contribution in [0.2, 0.25) is 0 Å². The number of hydrogen-bond donors (Lipinski definition) is 0. The number of halogens is 16. The normalized spacial score (nSPS) is 31.3. The monoisotopic (exact) mass is 436 g/mol. The predicted molar refractivity (Wildman–Crippen MR) is 50.9 cm³/mol. The van der Waals surface area contributed by atoms with Crippen molar-refractivity contribution in [2.75, 3.05) is 0 Å². The van der Waals surface area contributed by atoms with Crippen LogP contribution >= 0.6 is 0 Å². The minimum absolute atomic E-state index is 4.31. The summed E-state index contributed by atoms with van der Waals surface area (Å²) in [4.78, 5) is 0. The van der Waals surface area contributed by atoms with Gasteiger partial charge in [0.05, 0.1) is 5.57 Å². The molecule has 1 fully saturated rings. The lowest BCUT2D eigenvalue weighted by molar-refractivity contribution is -0.463. The number of alkyl halides is 13. The van der Waals surface area contributed by atoms with Crippen LogP contribution in [0, 0.1) is 0 Å². The topological polar surface area (TPSA) is 0 Å². The fourth-order valence-corrected chi connectivity index (χ4v) is 2.53. The van der Waals surface area contributed by atoms with Crippen LogP contribution in [-0.4, -0.2) is 41.2 Å². The molecular weight excluding hydrogens is 436 g/mol. The van der Waals surface area contributed by atoms with E-state index in [2.05, 4.69) is 0 Å². The Morgan fingerprint density at radius 2 is 0.889 bits per heavy atom. The Balaban J connectivity index is 3.04. The molecule has 0 bridgehead atoms. The Morgan fingerprint density at radius 1 is 0.519 bits per heavy atom. The SMILES string of the molecule is FC(F)=C1C(C2(F)C(F)(F)C(F)(F)C2(F)F)=C(F)C(F)(F)C(F)(F)C1(F)F. The first-order chi connectivity index (χ1) is 11.6. The van der Waals surface area contributed by atoms with Crippen molar-refractivity contribution in [3.63, 3.8) is 0 Å². The lowest BCUT2D eigenvalue weighted by Crippen LogP contribution is -2.85. The molecule has 2 aliphatic carbocycles. The van der Waals surface area contributed by atoms with Crippen molar-refractivity contribution in [2.24, 2.45) is 0 Å². The molecule has 0 aromatic rings. The van der Waals surface area contributed by atoms with Gasteiger partial charge in [-0.2, -0.15) is 61.5 Å². The van der Waals surface area contributed by atoms with E-state index in [0.29, 0.717) is 0 Å².